The first-order valence-electron chi connectivity index (χ1n) is 6.32. The zero-order valence-corrected chi connectivity index (χ0v) is 12.4. The molecule has 0 bridgehead atoms. The van der Waals surface area contributed by atoms with Gasteiger partial charge < -0.3 is 9.47 Å². The second-order valence-corrected chi connectivity index (χ2v) is 4.78. The SMILES string of the molecule is COC(=O)CC(=O)c1ccc(Oc2ccc(F)cc2Cl)cc1. The third-order valence-corrected chi connectivity index (χ3v) is 3.13. The summed E-state index contributed by atoms with van der Waals surface area (Å²) >= 11 is 5.86. The van der Waals surface area contributed by atoms with Gasteiger partial charge in [0.1, 0.15) is 23.7 Å². The van der Waals surface area contributed by atoms with E-state index in [0.717, 1.165) is 6.07 Å². The van der Waals surface area contributed by atoms with Crippen LogP contribution >= 0.6 is 11.6 Å². The van der Waals surface area contributed by atoms with Gasteiger partial charge in [0.25, 0.3) is 0 Å². The predicted octanol–water partition coefficient (Wildman–Crippen LogP) is 4.02. The van der Waals surface area contributed by atoms with Crippen LogP contribution in [0.3, 0.4) is 0 Å². The third kappa shape index (κ3) is 4.05. The van der Waals surface area contributed by atoms with Crippen molar-refractivity contribution in [1.29, 1.82) is 0 Å². The molecular weight excluding hydrogens is 311 g/mol. The highest BCUT2D eigenvalue weighted by Crippen LogP contribution is 2.29. The Balaban J connectivity index is 2.08. The summed E-state index contributed by atoms with van der Waals surface area (Å²) in [7, 11) is 1.22. The van der Waals surface area contributed by atoms with E-state index in [1.165, 1.54) is 31.4 Å². The van der Waals surface area contributed by atoms with Gasteiger partial charge >= 0.3 is 5.97 Å². The van der Waals surface area contributed by atoms with E-state index in [2.05, 4.69) is 4.74 Å². The van der Waals surface area contributed by atoms with E-state index in [9.17, 15) is 14.0 Å². The van der Waals surface area contributed by atoms with Gasteiger partial charge in [-0.2, -0.15) is 0 Å². The van der Waals surface area contributed by atoms with Crippen LogP contribution in [0, 0.1) is 5.82 Å². The largest absolute Gasteiger partial charge is 0.469 e. The summed E-state index contributed by atoms with van der Waals surface area (Å²) in [5, 5.41) is 0.144. The topological polar surface area (TPSA) is 52.6 Å². The first-order chi connectivity index (χ1) is 10.5. The molecule has 2 rings (SSSR count). The van der Waals surface area contributed by atoms with E-state index in [-0.39, 0.29) is 17.2 Å². The monoisotopic (exact) mass is 322 g/mol. The lowest BCUT2D eigenvalue weighted by molar-refractivity contribution is -0.139. The normalized spacial score (nSPS) is 10.1. The summed E-state index contributed by atoms with van der Waals surface area (Å²) in [5.74, 6) is -0.664. The van der Waals surface area contributed by atoms with Crippen LogP contribution in [0.2, 0.25) is 5.02 Å². The molecule has 0 aliphatic carbocycles. The van der Waals surface area contributed by atoms with E-state index in [1.54, 1.807) is 12.1 Å². The van der Waals surface area contributed by atoms with Gasteiger partial charge in [0.15, 0.2) is 5.78 Å². The highest BCUT2D eigenvalue weighted by Gasteiger charge is 2.12. The van der Waals surface area contributed by atoms with Crippen molar-refractivity contribution < 1.29 is 23.5 Å². The van der Waals surface area contributed by atoms with Gasteiger partial charge in [0.05, 0.1) is 12.1 Å². The molecular formula is C16H12ClFO4. The number of ether oxygens (including phenoxy) is 2. The van der Waals surface area contributed by atoms with Crippen LogP contribution in [-0.2, 0) is 9.53 Å². The second kappa shape index (κ2) is 7.04. The Hall–Kier alpha value is -2.40. The zero-order valence-electron chi connectivity index (χ0n) is 11.6. The van der Waals surface area contributed by atoms with E-state index in [4.69, 9.17) is 16.3 Å². The molecule has 0 amide bonds. The standard InChI is InChI=1S/C16H12ClFO4/c1-21-16(20)9-14(19)10-2-5-12(6-3-10)22-15-7-4-11(18)8-13(15)17/h2-8H,9H2,1H3. The molecule has 0 fully saturated rings. The Labute approximate surface area is 131 Å². The first kappa shape index (κ1) is 16.0. The predicted molar refractivity (Wildman–Crippen MR) is 78.9 cm³/mol. The lowest BCUT2D eigenvalue weighted by atomic mass is 10.1. The van der Waals surface area contributed by atoms with Crippen molar-refractivity contribution in [3.63, 3.8) is 0 Å². The number of methoxy groups -OCH3 is 1. The highest BCUT2D eigenvalue weighted by atomic mass is 35.5. The van der Waals surface area contributed by atoms with Crippen LogP contribution in [0.1, 0.15) is 16.8 Å². The molecule has 0 spiro atoms. The zero-order chi connectivity index (χ0) is 16.1. The second-order valence-electron chi connectivity index (χ2n) is 4.38. The van der Waals surface area contributed by atoms with Gasteiger partial charge in [-0.25, -0.2) is 4.39 Å². The minimum Gasteiger partial charge on any atom is -0.469 e. The molecule has 0 heterocycles. The van der Waals surface area contributed by atoms with Crippen LogP contribution in [-0.4, -0.2) is 18.9 Å². The van der Waals surface area contributed by atoms with Gasteiger partial charge in [-0.3, -0.25) is 9.59 Å². The van der Waals surface area contributed by atoms with Crippen molar-refractivity contribution in [1.82, 2.24) is 0 Å². The number of carbonyl (C=O) groups excluding carboxylic acids is 2. The van der Waals surface area contributed by atoms with E-state index in [0.29, 0.717) is 17.1 Å². The smallest absolute Gasteiger partial charge is 0.313 e. The number of hydrogen-bond donors (Lipinski definition) is 0. The lowest BCUT2D eigenvalue weighted by Gasteiger charge is -2.08. The molecule has 2 aromatic rings. The molecule has 0 aliphatic heterocycles. The molecule has 0 unspecified atom stereocenters. The van der Waals surface area contributed by atoms with Gasteiger partial charge in [-0.05, 0) is 42.5 Å². The van der Waals surface area contributed by atoms with Crippen molar-refractivity contribution in [3.8, 4) is 11.5 Å². The number of benzene rings is 2. The number of ketones is 1. The fraction of sp³-hybridized carbons (Fsp3) is 0.125. The van der Waals surface area contributed by atoms with Crippen LogP contribution in [0.5, 0.6) is 11.5 Å². The number of hydrogen-bond acceptors (Lipinski definition) is 4. The fourth-order valence-electron chi connectivity index (χ4n) is 1.70. The van der Waals surface area contributed by atoms with E-state index < -0.39 is 11.8 Å². The van der Waals surface area contributed by atoms with Crippen LogP contribution in [0.25, 0.3) is 0 Å². The van der Waals surface area contributed by atoms with Crippen LogP contribution in [0.15, 0.2) is 42.5 Å². The number of halogens is 2. The molecule has 0 aliphatic rings. The van der Waals surface area contributed by atoms with Crippen molar-refractivity contribution in [2.24, 2.45) is 0 Å². The van der Waals surface area contributed by atoms with Gasteiger partial charge in [0.2, 0.25) is 0 Å². The summed E-state index contributed by atoms with van der Waals surface area (Å²) in [4.78, 5) is 22.8. The molecule has 0 aromatic heterocycles. The number of esters is 1. The number of Topliss-reactive ketones (excluding diaryl/α,β-unsaturated/α-hetero) is 1. The Kier molecular flexibility index (Phi) is 5.12. The Morgan fingerprint density at radius 3 is 2.41 bits per heavy atom. The van der Waals surface area contributed by atoms with Crippen LogP contribution < -0.4 is 4.74 Å². The minimum atomic E-state index is -0.594. The lowest BCUT2D eigenvalue weighted by Crippen LogP contribution is -2.09. The highest BCUT2D eigenvalue weighted by molar-refractivity contribution is 6.32. The van der Waals surface area contributed by atoms with E-state index >= 15 is 0 Å². The Morgan fingerprint density at radius 2 is 1.82 bits per heavy atom. The summed E-state index contributed by atoms with van der Waals surface area (Å²) in [6.07, 6.45) is -0.319. The van der Waals surface area contributed by atoms with E-state index in [1.807, 2.05) is 0 Å². The molecule has 22 heavy (non-hydrogen) atoms. The Bertz CT molecular complexity index is 698. The Morgan fingerprint density at radius 1 is 1.14 bits per heavy atom. The summed E-state index contributed by atoms with van der Waals surface area (Å²) in [5.41, 5.74) is 0.364. The molecule has 4 nitrogen and oxygen atoms in total. The number of rotatable bonds is 5. The van der Waals surface area contributed by atoms with Crippen molar-refractivity contribution in [2.45, 2.75) is 6.42 Å². The quantitative estimate of drug-likeness (QED) is 0.474. The molecule has 6 heteroatoms. The number of carbonyl (C=O) groups is 2. The summed E-state index contributed by atoms with van der Waals surface area (Å²) in [6.45, 7) is 0. The van der Waals surface area contributed by atoms with Gasteiger partial charge in [-0.1, -0.05) is 11.6 Å². The maximum Gasteiger partial charge on any atom is 0.313 e. The first-order valence-corrected chi connectivity index (χ1v) is 6.70. The molecule has 0 N–H and O–H groups in total. The average molecular weight is 323 g/mol. The van der Waals surface area contributed by atoms with Crippen molar-refractivity contribution >= 4 is 23.4 Å². The summed E-state index contributed by atoms with van der Waals surface area (Å²) < 4.78 is 22.9. The molecule has 0 saturated carbocycles. The third-order valence-electron chi connectivity index (χ3n) is 2.83. The fourth-order valence-corrected chi connectivity index (χ4v) is 1.90. The molecule has 114 valence electrons. The molecule has 0 radical (unpaired) electrons. The van der Waals surface area contributed by atoms with Gasteiger partial charge in [0, 0.05) is 5.56 Å². The molecule has 0 atom stereocenters. The molecule has 0 saturated heterocycles. The molecule has 2 aromatic carbocycles. The maximum absolute atomic E-state index is 12.9. The minimum absolute atomic E-state index is 0.144. The maximum atomic E-state index is 12.9. The van der Waals surface area contributed by atoms with Crippen molar-refractivity contribution in [2.75, 3.05) is 7.11 Å². The van der Waals surface area contributed by atoms with Crippen LogP contribution in [0.4, 0.5) is 4.39 Å². The average Bonchev–Trinajstić information content (AvgIpc) is 2.50. The van der Waals surface area contributed by atoms with Gasteiger partial charge in [-0.15, -0.1) is 0 Å². The van der Waals surface area contributed by atoms with Crippen molar-refractivity contribution in [3.05, 3.63) is 58.9 Å². The summed E-state index contributed by atoms with van der Waals surface area (Å²) in [6, 6.07) is 9.96.